The Kier molecular flexibility index (Phi) is 7.29. The van der Waals surface area contributed by atoms with E-state index in [9.17, 15) is 9.90 Å². The van der Waals surface area contributed by atoms with Crippen molar-refractivity contribution in [3.05, 3.63) is 102 Å². The van der Waals surface area contributed by atoms with Crippen LogP contribution in [-0.4, -0.2) is 36.2 Å². The number of likely N-dealkylation sites (N-methyl/N-ethyl adjacent to an activating group) is 1. The molecule has 6 heteroatoms. The largest absolute Gasteiger partial charge is 0.491 e. The van der Waals surface area contributed by atoms with E-state index in [0.717, 1.165) is 27.6 Å². The first-order chi connectivity index (χ1) is 16.1. The zero-order valence-corrected chi connectivity index (χ0v) is 18.4. The van der Waals surface area contributed by atoms with Crippen molar-refractivity contribution in [3.8, 4) is 5.75 Å². The quantitative estimate of drug-likeness (QED) is 0.361. The molecule has 0 aliphatic carbocycles. The average molecular weight is 442 g/mol. The van der Waals surface area contributed by atoms with Crippen LogP contribution in [0.15, 0.2) is 91.3 Å². The van der Waals surface area contributed by atoms with Gasteiger partial charge in [-0.2, -0.15) is 0 Å². The van der Waals surface area contributed by atoms with E-state index in [2.05, 4.69) is 15.6 Å². The number of fused-ring (bicyclic) bond motifs is 1. The molecule has 2 atom stereocenters. The summed E-state index contributed by atoms with van der Waals surface area (Å²) in [7, 11) is 1.83. The molecule has 2 unspecified atom stereocenters. The molecule has 0 saturated heterocycles. The van der Waals surface area contributed by atoms with Crippen LogP contribution in [0.5, 0.6) is 5.75 Å². The zero-order chi connectivity index (χ0) is 23.0. The standard InChI is InChI=1S/C27H27N3O3/c1-28-17-25(27(32)30-23-10-7-22-16-29-14-13-21(22)15-23)19-8-11-24(12-9-19)33-18-26(31)20-5-3-2-4-6-20/h2-16,25-26,28,31H,17-18H2,1H3,(H,30,32). The summed E-state index contributed by atoms with van der Waals surface area (Å²) in [6.45, 7) is 0.650. The summed E-state index contributed by atoms with van der Waals surface area (Å²) in [6, 6.07) is 24.5. The van der Waals surface area contributed by atoms with Crippen molar-refractivity contribution < 1.29 is 14.6 Å². The Hall–Kier alpha value is -3.74. The van der Waals surface area contributed by atoms with E-state index in [4.69, 9.17) is 4.74 Å². The summed E-state index contributed by atoms with van der Waals surface area (Å²) in [5.41, 5.74) is 2.43. The molecule has 0 radical (unpaired) electrons. The highest BCUT2D eigenvalue weighted by atomic mass is 16.5. The van der Waals surface area contributed by atoms with Crippen molar-refractivity contribution in [1.29, 1.82) is 0 Å². The molecule has 0 aliphatic heterocycles. The van der Waals surface area contributed by atoms with Gasteiger partial charge in [0.2, 0.25) is 5.91 Å². The summed E-state index contributed by atoms with van der Waals surface area (Å²) < 4.78 is 5.74. The molecule has 1 amide bonds. The predicted octanol–water partition coefficient (Wildman–Crippen LogP) is 4.29. The number of aliphatic hydroxyl groups is 1. The van der Waals surface area contributed by atoms with E-state index in [1.807, 2.05) is 85.9 Å². The Bertz CT molecular complexity index is 1200. The molecule has 3 N–H and O–H groups in total. The van der Waals surface area contributed by atoms with Crippen molar-refractivity contribution in [1.82, 2.24) is 10.3 Å². The molecule has 4 aromatic rings. The normalized spacial score (nSPS) is 12.8. The summed E-state index contributed by atoms with van der Waals surface area (Å²) >= 11 is 0. The topological polar surface area (TPSA) is 83.5 Å². The first-order valence-electron chi connectivity index (χ1n) is 10.9. The number of amides is 1. The molecule has 6 nitrogen and oxygen atoms in total. The van der Waals surface area contributed by atoms with Gasteiger partial charge in [0.05, 0.1) is 5.92 Å². The zero-order valence-electron chi connectivity index (χ0n) is 18.4. The van der Waals surface area contributed by atoms with Gasteiger partial charge >= 0.3 is 0 Å². The van der Waals surface area contributed by atoms with Crippen LogP contribution >= 0.6 is 0 Å². The minimum Gasteiger partial charge on any atom is -0.491 e. The number of pyridine rings is 1. The lowest BCUT2D eigenvalue weighted by Gasteiger charge is -2.18. The molecule has 33 heavy (non-hydrogen) atoms. The third kappa shape index (κ3) is 5.74. The second-order valence-corrected chi connectivity index (χ2v) is 7.84. The van der Waals surface area contributed by atoms with Crippen LogP contribution in [0.2, 0.25) is 0 Å². The molecule has 0 spiro atoms. The molecule has 4 rings (SSSR count). The number of rotatable bonds is 9. The van der Waals surface area contributed by atoms with E-state index in [1.165, 1.54) is 0 Å². The number of anilines is 1. The molecule has 0 saturated carbocycles. The third-order valence-electron chi connectivity index (χ3n) is 5.51. The van der Waals surface area contributed by atoms with Crippen LogP contribution in [0.4, 0.5) is 5.69 Å². The number of hydrogen-bond acceptors (Lipinski definition) is 5. The first-order valence-corrected chi connectivity index (χ1v) is 10.9. The Morgan fingerprint density at radius 3 is 2.52 bits per heavy atom. The van der Waals surface area contributed by atoms with E-state index in [1.54, 1.807) is 12.4 Å². The molecule has 3 aromatic carbocycles. The lowest BCUT2D eigenvalue weighted by Crippen LogP contribution is -2.29. The van der Waals surface area contributed by atoms with Gasteiger partial charge in [-0.1, -0.05) is 48.5 Å². The van der Waals surface area contributed by atoms with Crippen molar-refractivity contribution in [2.24, 2.45) is 0 Å². The molecule has 1 heterocycles. The number of benzene rings is 3. The second-order valence-electron chi connectivity index (χ2n) is 7.84. The number of aliphatic hydroxyl groups excluding tert-OH is 1. The van der Waals surface area contributed by atoms with E-state index < -0.39 is 6.10 Å². The Morgan fingerprint density at radius 1 is 0.970 bits per heavy atom. The third-order valence-corrected chi connectivity index (χ3v) is 5.51. The minimum atomic E-state index is -0.702. The number of nitrogens with zero attached hydrogens (tertiary/aromatic N) is 1. The van der Waals surface area contributed by atoms with Crippen molar-refractivity contribution >= 4 is 22.4 Å². The van der Waals surface area contributed by atoms with Gasteiger partial charge in [-0.05, 0) is 53.9 Å². The number of hydrogen-bond donors (Lipinski definition) is 3. The van der Waals surface area contributed by atoms with Gasteiger partial charge in [0.25, 0.3) is 0 Å². The lowest BCUT2D eigenvalue weighted by molar-refractivity contribution is -0.117. The van der Waals surface area contributed by atoms with Crippen LogP contribution in [0.3, 0.4) is 0 Å². The van der Waals surface area contributed by atoms with E-state index in [0.29, 0.717) is 12.3 Å². The Morgan fingerprint density at radius 2 is 1.76 bits per heavy atom. The summed E-state index contributed by atoms with van der Waals surface area (Å²) in [4.78, 5) is 17.2. The Labute approximate surface area is 193 Å². The van der Waals surface area contributed by atoms with Crippen LogP contribution in [0.1, 0.15) is 23.1 Å². The highest BCUT2D eigenvalue weighted by Crippen LogP contribution is 2.24. The van der Waals surface area contributed by atoms with Crippen molar-refractivity contribution in [2.45, 2.75) is 12.0 Å². The maximum atomic E-state index is 13.1. The molecule has 0 fully saturated rings. The van der Waals surface area contributed by atoms with Gasteiger partial charge in [-0.3, -0.25) is 9.78 Å². The SMILES string of the molecule is CNCC(C(=O)Nc1ccc2cnccc2c1)c1ccc(OCC(O)c2ccccc2)cc1. The Balaban J connectivity index is 1.41. The van der Waals surface area contributed by atoms with Crippen molar-refractivity contribution in [3.63, 3.8) is 0 Å². The minimum absolute atomic E-state index is 0.0917. The van der Waals surface area contributed by atoms with Gasteiger partial charge in [-0.15, -0.1) is 0 Å². The maximum absolute atomic E-state index is 13.1. The molecular formula is C27H27N3O3. The highest BCUT2D eigenvalue weighted by Gasteiger charge is 2.20. The number of ether oxygens (including phenoxy) is 1. The fourth-order valence-corrected chi connectivity index (χ4v) is 3.70. The molecule has 0 aliphatic rings. The molecule has 168 valence electrons. The van der Waals surface area contributed by atoms with E-state index in [-0.39, 0.29) is 18.4 Å². The number of aromatic nitrogens is 1. The molecule has 0 bridgehead atoms. The summed E-state index contributed by atoms with van der Waals surface area (Å²) in [5, 5.41) is 18.5. The number of nitrogens with one attached hydrogen (secondary N) is 2. The van der Waals surface area contributed by atoms with Gasteiger partial charge in [0.1, 0.15) is 18.5 Å². The monoisotopic (exact) mass is 441 g/mol. The fourth-order valence-electron chi connectivity index (χ4n) is 3.70. The van der Waals surface area contributed by atoms with Crippen molar-refractivity contribution in [2.75, 3.05) is 25.5 Å². The van der Waals surface area contributed by atoms with Crippen LogP contribution < -0.4 is 15.4 Å². The summed E-state index contributed by atoms with van der Waals surface area (Å²) in [6.07, 6.45) is 2.83. The number of carbonyl (C=O) groups is 1. The van der Waals surface area contributed by atoms with Gasteiger partial charge < -0.3 is 20.5 Å². The van der Waals surface area contributed by atoms with Gasteiger partial charge in [0, 0.05) is 30.0 Å². The maximum Gasteiger partial charge on any atom is 0.233 e. The van der Waals surface area contributed by atoms with Crippen LogP contribution in [-0.2, 0) is 4.79 Å². The lowest BCUT2D eigenvalue weighted by atomic mass is 9.97. The fraction of sp³-hybridized carbons (Fsp3) is 0.185. The molecular weight excluding hydrogens is 414 g/mol. The van der Waals surface area contributed by atoms with Crippen LogP contribution in [0, 0.1) is 0 Å². The smallest absolute Gasteiger partial charge is 0.233 e. The average Bonchev–Trinajstić information content (AvgIpc) is 2.86. The molecule has 1 aromatic heterocycles. The summed E-state index contributed by atoms with van der Waals surface area (Å²) in [5.74, 6) is 0.179. The van der Waals surface area contributed by atoms with Gasteiger partial charge in [-0.25, -0.2) is 0 Å². The first kappa shape index (κ1) is 22.5. The number of carbonyl (C=O) groups excluding carboxylic acids is 1. The predicted molar refractivity (Wildman–Crippen MR) is 130 cm³/mol. The highest BCUT2D eigenvalue weighted by molar-refractivity contribution is 5.98. The van der Waals surface area contributed by atoms with Crippen LogP contribution in [0.25, 0.3) is 10.8 Å². The second kappa shape index (κ2) is 10.7. The van der Waals surface area contributed by atoms with Gasteiger partial charge in [0.15, 0.2) is 0 Å². The van der Waals surface area contributed by atoms with E-state index >= 15 is 0 Å².